The topological polar surface area (TPSA) is 111 Å². The first kappa shape index (κ1) is 23.0. The van der Waals surface area contributed by atoms with Crippen molar-refractivity contribution in [3.8, 4) is 5.75 Å². The maximum atomic E-state index is 13.0. The van der Waals surface area contributed by atoms with Crippen molar-refractivity contribution in [2.24, 2.45) is 0 Å². The number of methoxy groups -OCH3 is 1. The molecule has 3 aromatic carbocycles. The average Bonchev–Trinajstić information content (AvgIpc) is 2.83. The van der Waals surface area contributed by atoms with E-state index in [0.717, 1.165) is 0 Å². The third-order valence-corrected chi connectivity index (χ3v) is 5.96. The first-order chi connectivity index (χ1) is 15.3. The van der Waals surface area contributed by atoms with Crippen molar-refractivity contribution in [2.75, 3.05) is 19.5 Å². The number of carbonyl (C=O) groups is 2. The lowest BCUT2D eigenvalue weighted by molar-refractivity contribution is -0.125. The highest BCUT2D eigenvalue weighted by Crippen LogP contribution is 2.24. The van der Waals surface area contributed by atoms with E-state index < -0.39 is 28.0 Å². The summed E-state index contributed by atoms with van der Waals surface area (Å²) in [6.45, 7) is 0. The molecule has 8 nitrogen and oxygen atoms in total. The van der Waals surface area contributed by atoms with Gasteiger partial charge in [-0.05, 0) is 37.4 Å². The third-order valence-electron chi connectivity index (χ3n) is 4.55. The Kier molecular flexibility index (Phi) is 7.24. The van der Waals surface area contributed by atoms with Crippen LogP contribution in [-0.2, 0) is 19.6 Å². The molecule has 1 atom stereocenters. The molecule has 32 heavy (non-hydrogen) atoms. The van der Waals surface area contributed by atoms with E-state index in [4.69, 9.17) is 9.47 Å². The van der Waals surface area contributed by atoms with Gasteiger partial charge in [-0.3, -0.25) is 4.79 Å². The fraction of sp³-hybridized carbons (Fsp3) is 0.130. The highest BCUT2D eigenvalue weighted by molar-refractivity contribution is 7.89. The molecular weight excluding hydrogens is 432 g/mol. The predicted octanol–water partition coefficient (Wildman–Crippen LogP) is 3.14. The second-order valence-electron chi connectivity index (χ2n) is 6.65. The van der Waals surface area contributed by atoms with Gasteiger partial charge in [0, 0.05) is 17.3 Å². The number of ether oxygens (including phenoxy) is 2. The molecule has 2 N–H and O–H groups in total. The fourth-order valence-electron chi connectivity index (χ4n) is 2.89. The van der Waals surface area contributed by atoms with Gasteiger partial charge < -0.3 is 14.8 Å². The van der Waals surface area contributed by atoms with Crippen LogP contribution in [0.4, 0.5) is 5.69 Å². The molecule has 0 heterocycles. The standard InChI is InChI=1S/C23H22N2O6S/c1-24-32(28,29)20-13-6-10-17(14-20)23(27)31-21(16-8-4-3-5-9-16)22(26)25-18-11-7-12-19(15-18)30-2/h3-15,21,24H,1-2H3,(H,25,26)/t21-/m1/s1. The average molecular weight is 455 g/mol. The van der Waals surface area contributed by atoms with Crippen molar-refractivity contribution in [2.45, 2.75) is 11.0 Å². The molecule has 0 unspecified atom stereocenters. The number of hydrogen-bond acceptors (Lipinski definition) is 6. The molecule has 0 fully saturated rings. The SMILES string of the molecule is CNS(=O)(=O)c1cccc(C(=O)O[C@@H](C(=O)Nc2cccc(OC)c2)c2ccccc2)c1. The van der Waals surface area contributed by atoms with E-state index in [0.29, 0.717) is 17.0 Å². The van der Waals surface area contributed by atoms with Gasteiger partial charge in [0.1, 0.15) is 5.75 Å². The molecule has 1 amide bonds. The Morgan fingerprint density at radius 1 is 0.906 bits per heavy atom. The van der Waals surface area contributed by atoms with Gasteiger partial charge in [-0.2, -0.15) is 0 Å². The molecule has 9 heteroatoms. The zero-order valence-electron chi connectivity index (χ0n) is 17.4. The van der Waals surface area contributed by atoms with Crippen LogP contribution < -0.4 is 14.8 Å². The van der Waals surface area contributed by atoms with Crippen molar-refractivity contribution in [1.82, 2.24) is 4.72 Å². The summed E-state index contributed by atoms with van der Waals surface area (Å²) in [5, 5.41) is 2.71. The van der Waals surface area contributed by atoms with E-state index in [2.05, 4.69) is 10.0 Å². The quantitative estimate of drug-likeness (QED) is 0.506. The monoisotopic (exact) mass is 454 g/mol. The summed E-state index contributed by atoms with van der Waals surface area (Å²) in [6.07, 6.45) is -1.26. The smallest absolute Gasteiger partial charge is 0.339 e. The second kappa shape index (κ2) is 10.1. The minimum atomic E-state index is -3.75. The van der Waals surface area contributed by atoms with Crippen molar-refractivity contribution >= 4 is 27.6 Å². The second-order valence-corrected chi connectivity index (χ2v) is 8.54. The lowest BCUT2D eigenvalue weighted by Crippen LogP contribution is -2.26. The van der Waals surface area contributed by atoms with Crippen LogP contribution in [0, 0.1) is 0 Å². The lowest BCUT2D eigenvalue weighted by atomic mass is 10.1. The molecule has 0 aliphatic heterocycles. The highest BCUT2D eigenvalue weighted by Gasteiger charge is 2.26. The van der Waals surface area contributed by atoms with Gasteiger partial charge >= 0.3 is 5.97 Å². The van der Waals surface area contributed by atoms with Gasteiger partial charge in [0.05, 0.1) is 17.6 Å². The zero-order valence-corrected chi connectivity index (χ0v) is 18.3. The minimum Gasteiger partial charge on any atom is -0.497 e. The number of benzene rings is 3. The number of carbonyl (C=O) groups excluding carboxylic acids is 2. The molecule has 0 bridgehead atoms. The first-order valence-electron chi connectivity index (χ1n) is 9.58. The van der Waals surface area contributed by atoms with E-state index in [1.54, 1.807) is 54.6 Å². The molecule has 0 spiro atoms. The maximum absolute atomic E-state index is 13.0. The molecule has 0 saturated carbocycles. The fourth-order valence-corrected chi connectivity index (χ4v) is 3.67. The van der Waals surface area contributed by atoms with Gasteiger partial charge in [-0.1, -0.05) is 42.5 Å². The van der Waals surface area contributed by atoms with Crippen molar-refractivity contribution in [3.63, 3.8) is 0 Å². The molecule has 0 saturated heterocycles. The van der Waals surface area contributed by atoms with E-state index in [1.165, 1.54) is 38.4 Å². The molecular formula is C23H22N2O6S. The van der Waals surface area contributed by atoms with Crippen LogP contribution in [0.2, 0.25) is 0 Å². The van der Waals surface area contributed by atoms with Crippen LogP contribution in [0.15, 0.2) is 83.8 Å². The largest absolute Gasteiger partial charge is 0.497 e. The first-order valence-corrected chi connectivity index (χ1v) is 11.1. The molecule has 0 aromatic heterocycles. The number of nitrogens with one attached hydrogen (secondary N) is 2. The van der Waals surface area contributed by atoms with E-state index in [1.807, 2.05) is 0 Å². The summed E-state index contributed by atoms with van der Waals surface area (Å²) in [5.74, 6) is -0.858. The van der Waals surface area contributed by atoms with Crippen LogP contribution in [0.5, 0.6) is 5.75 Å². The zero-order chi connectivity index (χ0) is 23.1. The van der Waals surface area contributed by atoms with Crippen molar-refractivity contribution < 1.29 is 27.5 Å². The van der Waals surface area contributed by atoms with Crippen molar-refractivity contribution in [1.29, 1.82) is 0 Å². The summed E-state index contributed by atoms with van der Waals surface area (Å²) < 4.78 is 37.0. The molecule has 0 aliphatic rings. The maximum Gasteiger partial charge on any atom is 0.339 e. The highest BCUT2D eigenvalue weighted by atomic mass is 32.2. The molecule has 0 radical (unpaired) electrons. The molecule has 3 rings (SSSR count). The van der Waals surface area contributed by atoms with Crippen LogP contribution >= 0.6 is 0 Å². The van der Waals surface area contributed by atoms with Gasteiger partial charge in [0.25, 0.3) is 5.91 Å². The van der Waals surface area contributed by atoms with Crippen LogP contribution in [0.25, 0.3) is 0 Å². The Labute approximate surface area is 186 Å². The lowest BCUT2D eigenvalue weighted by Gasteiger charge is -2.18. The number of anilines is 1. The number of amides is 1. The predicted molar refractivity (Wildman–Crippen MR) is 119 cm³/mol. The number of rotatable bonds is 8. The molecule has 166 valence electrons. The van der Waals surface area contributed by atoms with Gasteiger partial charge in [-0.25, -0.2) is 17.9 Å². The number of sulfonamides is 1. The van der Waals surface area contributed by atoms with Crippen LogP contribution in [0.1, 0.15) is 22.0 Å². The Bertz CT molecular complexity index is 1210. The Balaban J connectivity index is 1.88. The van der Waals surface area contributed by atoms with Gasteiger partial charge in [0.2, 0.25) is 16.1 Å². The Hall–Kier alpha value is -3.69. The van der Waals surface area contributed by atoms with E-state index >= 15 is 0 Å². The van der Waals surface area contributed by atoms with E-state index in [-0.39, 0.29) is 10.5 Å². The van der Waals surface area contributed by atoms with E-state index in [9.17, 15) is 18.0 Å². The minimum absolute atomic E-state index is 0.00330. The molecule has 0 aliphatic carbocycles. The number of esters is 1. The normalized spacial score (nSPS) is 11.9. The summed E-state index contributed by atoms with van der Waals surface area (Å²) >= 11 is 0. The summed E-state index contributed by atoms with van der Waals surface area (Å²) in [7, 11) is -0.963. The summed E-state index contributed by atoms with van der Waals surface area (Å²) in [5.41, 5.74) is 0.921. The summed E-state index contributed by atoms with van der Waals surface area (Å²) in [4.78, 5) is 25.7. The van der Waals surface area contributed by atoms with Crippen LogP contribution in [-0.4, -0.2) is 34.5 Å². The van der Waals surface area contributed by atoms with Gasteiger partial charge in [0.15, 0.2) is 0 Å². The molecule has 3 aromatic rings. The summed E-state index contributed by atoms with van der Waals surface area (Å²) in [6, 6.07) is 20.7. The van der Waals surface area contributed by atoms with Crippen molar-refractivity contribution in [3.05, 3.63) is 90.0 Å². The van der Waals surface area contributed by atoms with Crippen LogP contribution in [0.3, 0.4) is 0 Å². The Morgan fingerprint density at radius 2 is 1.62 bits per heavy atom. The third kappa shape index (κ3) is 5.51. The Morgan fingerprint density at radius 3 is 2.31 bits per heavy atom. The van der Waals surface area contributed by atoms with Gasteiger partial charge in [-0.15, -0.1) is 0 Å². The number of hydrogen-bond donors (Lipinski definition) is 2.